The molecule has 80 valence electrons. The lowest BCUT2D eigenvalue weighted by molar-refractivity contribution is 0.114. The molecule has 0 aliphatic rings. The highest BCUT2D eigenvalue weighted by atomic mass is 16.6. The van der Waals surface area contributed by atoms with Crippen molar-refractivity contribution >= 4 is 6.16 Å². The second kappa shape index (κ2) is 11.2. The lowest BCUT2D eigenvalue weighted by atomic mass is 10.1. The highest BCUT2D eigenvalue weighted by Gasteiger charge is 1.90. The summed E-state index contributed by atoms with van der Waals surface area (Å²) in [5, 5.41) is 7.50. The molecule has 0 fully saturated rings. The summed E-state index contributed by atoms with van der Waals surface area (Å²) in [4.78, 5) is 9.15. The van der Waals surface area contributed by atoms with Crippen LogP contribution in [0.1, 0.15) is 39.5 Å². The summed E-state index contributed by atoms with van der Waals surface area (Å²) >= 11 is 0. The number of hydrogen-bond acceptors (Lipinski definition) is 3. The van der Waals surface area contributed by atoms with Gasteiger partial charge in [-0.2, -0.15) is 0 Å². The van der Waals surface area contributed by atoms with Gasteiger partial charge in [-0.3, -0.25) is 0 Å². The maximum atomic E-state index is 9.15. The molecule has 4 heteroatoms. The summed E-state index contributed by atoms with van der Waals surface area (Å²) in [5.41, 5.74) is 5.53. The molecule has 0 aromatic heterocycles. The summed E-state index contributed by atoms with van der Waals surface area (Å²) in [7, 11) is 1.10. The van der Waals surface area contributed by atoms with Crippen molar-refractivity contribution in [1.29, 1.82) is 0 Å². The van der Waals surface area contributed by atoms with E-state index in [1.807, 2.05) is 0 Å². The third kappa shape index (κ3) is 24.6. The summed E-state index contributed by atoms with van der Waals surface area (Å²) in [6.07, 6.45) is 3.88. The van der Waals surface area contributed by atoms with Crippen LogP contribution in [0.15, 0.2) is 0 Å². The SMILES string of the molecule is CCCCC[C@@H](C)N.COC(=O)O. The Morgan fingerprint density at radius 1 is 1.54 bits per heavy atom. The van der Waals surface area contributed by atoms with Crippen LogP contribution in [-0.4, -0.2) is 24.4 Å². The number of nitrogens with two attached hydrogens (primary N) is 1. The number of hydrogen-bond donors (Lipinski definition) is 2. The molecule has 0 spiro atoms. The Morgan fingerprint density at radius 2 is 2.00 bits per heavy atom. The normalized spacial score (nSPS) is 11.1. The molecular formula is C9H21NO3. The Hall–Kier alpha value is -0.770. The summed E-state index contributed by atoms with van der Waals surface area (Å²) < 4.78 is 3.67. The quantitative estimate of drug-likeness (QED) is 0.528. The molecule has 1 atom stereocenters. The number of ether oxygens (including phenoxy) is 1. The molecular weight excluding hydrogens is 170 g/mol. The molecule has 3 N–H and O–H groups in total. The van der Waals surface area contributed by atoms with Crippen LogP contribution in [0, 0.1) is 0 Å². The van der Waals surface area contributed by atoms with E-state index in [0.29, 0.717) is 6.04 Å². The van der Waals surface area contributed by atoms with Crippen LogP contribution in [-0.2, 0) is 4.74 Å². The number of methoxy groups -OCH3 is 1. The molecule has 0 aromatic carbocycles. The Kier molecular flexibility index (Phi) is 12.7. The van der Waals surface area contributed by atoms with E-state index in [4.69, 9.17) is 15.6 Å². The molecule has 0 amide bonds. The van der Waals surface area contributed by atoms with Gasteiger partial charge in [-0.1, -0.05) is 26.2 Å². The van der Waals surface area contributed by atoms with Gasteiger partial charge < -0.3 is 15.6 Å². The first-order chi connectivity index (χ1) is 6.04. The third-order valence-corrected chi connectivity index (χ3v) is 1.44. The van der Waals surface area contributed by atoms with Crippen LogP contribution in [0.5, 0.6) is 0 Å². The van der Waals surface area contributed by atoms with Crippen LogP contribution >= 0.6 is 0 Å². The first-order valence-corrected chi connectivity index (χ1v) is 4.57. The first-order valence-electron chi connectivity index (χ1n) is 4.57. The summed E-state index contributed by atoms with van der Waals surface area (Å²) in [5.74, 6) is 0. The van der Waals surface area contributed by atoms with E-state index < -0.39 is 6.16 Å². The minimum absolute atomic E-state index is 0.404. The maximum absolute atomic E-state index is 9.15. The molecule has 0 unspecified atom stereocenters. The zero-order valence-corrected chi connectivity index (χ0v) is 8.75. The minimum atomic E-state index is -1.25. The van der Waals surface area contributed by atoms with Gasteiger partial charge in [0.1, 0.15) is 0 Å². The second-order valence-corrected chi connectivity index (χ2v) is 2.94. The van der Waals surface area contributed by atoms with Gasteiger partial charge in [-0.05, 0) is 13.3 Å². The van der Waals surface area contributed by atoms with Crippen molar-refractivity contribution in [3.05, 3.63) is 0 Å². The molecule has 0 aliphatic carbocycles. The predicted octanol–water partition coefficient (Wildman–Crippen LogP) is 2.22. The number of carbonyl (C=O) groups is 1. The van der Waals surface area contributed by atoms with Crippen LogP contribution in [0.3, 0.4) is 0 Å². The Bertz CT molecular complexity index is 115. The van der Waals surface area contributed by atoms with Crippen molar-refractivity contribution in [3.8, 4) is 0 Å². The Labute approximate surface area is 80.1 Å². The van der Waals surface area contributed by atoms with E-state index in [-0.39, 0.29) is 0 Å². The fraction of sp³-hybridized carbons (Fsp3) is 0.889. The van der Waals surface area contributed by atoms with Gasteiger partial charge in [-0.25, -0.2) is 4.79 Å². The van der Waals surface area contributed by atoms with E-state index in [0.717, 1.165) is 7.11 Å². The van der Waals surface area contributed by atoms with E-state index in [2.05, 4.69) is 18.6 Å². The topological polar surface area (TPSA) is 72.5 Å². The molecule has 0 rings (SSSR count). The maximum Gasteiger partial charge on any atom is 0.505 e. The van der Waals surface area contributed by atoms with Crippen LogP contribution < -0.4 is 5.73 Å². The molecule has 4 nitrogen and oxygen atoms in total. The highest BCUT2D eigenvalue weighted by Crippen LogP contribution is 1.99. The van der Waals surface area contributed by atoms with Gasteiger partial charge in [0, 0.05) is 6.04 Å². The minimum Gasteiger partial charge on any atom is -0.450 e. The van der Waals surface area contributed by atoms with Crippen LogP contribution in [0.2, 0.25) is 0 Å². The van der Waals surface area contributed by atoms with Gasteiger partial charge in [-0.15, -0.1) is 0 Å². The largest absolute Gasteiger partial charge is 0.505 e. The van der Waals surface area contributed by atoms with Crippen molar-refractivity contribution in [3.63, 3.8) is 0 Å². The van der Waals surface area contributed by atoms with Crippen molar-refractivity contribution in [2.24, 2.45) is 5.73 Å². The molecule has 0 aliphatic heterocycles. The van der Waals surface area contributed by atoms with Gasteiger partial charge in [0.25, 0.3) is 0 Å². The van der Waals surface area contributed by atoms with Crippen molar-refractivity contribution in [1.82, 2.24) is 0 Å². The lowest BCUT2D eigenvalue weighted by Crippen LogP contribution is -2.13. The van der Waals surface area contributed by atoms with Crippen LogP contribution in [0.25, 0.3) is 0 Å². The van der Waals surface area contributed by atoms with E-state index in [1.165, 1.54) is 25.7 Å². The van der Waals surface area contributed by atoms with Crippen molar-refractivity contribution < 1.29 is 14.6 Å². The number of unbranched alkanes of at least 4 members (excludes halogenated alkanes) is 2. The standard InChI is InChI=1S/C7H17N.C2H4O3/c1-3-4-5-6-7(2)8;1-5-2(3)4/h7H,3-6,8H2,1-2H3;1H3,(H,3,4)/t7-;/m1./s1. The molecule has 0 saturated heterocycles. The molecule has 0 heterocycles. The van der Waals surface area contributed by atoms with Gasteiger partial charge >= 0.3 is 6.16 Å². The monoisotopic (exact) mass is 191 g/mol. The second-order valence-electron chi connectivity index (χ2n) is 2.94. The molecule has 0 saturated carbocycles. The van der Waals surface area contributed by atoms with Crippen molar-refractivity contribution in [2.45, 2.75) is 45.6 Å². The van der Waals surface area contributed by atoms with E-state index in [9.17, 15) is 0 Å². The fourth-order valence-corrected chi connectivity index (χ4v) is 0.716. The zero-order chi connectivity index (χ0) is 10.7. The number of carboxylic acid groups (broad SMARTS) is 1. The zero-order valence-electron chi connectivity index (χ0n) is 8.75. The summed E-state index contributed by atoms with van der Waals surface area (Å²) in [6.45, 7) is 4.27. The van der Waals surface area contributed by atoms with E-state index in [1.54, 1.807) is 0 Å². The van der Waals surface area contributed by atoms with Gasteiger partial charge in [0.2, 0.25) is 0 Å². The smallest absolute Gasteiger partial charge is 0.450 e. The van der Waals surface area contributed by atoms with Gasteiger partial charge in [0.15, 0.2) is 0 Å². The van der Waals surface area contributed by atoms with Gasteiger partial charge in [0.05, 0.1) is 7.11 Å². The molecule has 13 heavy (non-hydrogen) atoms. The predicted molar refractivity (Wildman–Crippen MR) is 52.8 cm³/mol. The Balaban J connectivity index is 0. The Morgan fingerprint density at radius 3 is 2.23 bits per heavy atom. The summed E-state index contributed by atoms with van der Waals surface area (Å²) in [6, 6.07) is 0.404. The average Bonchev–Trinajstić information content (AvgIpc) is 2.05. The third-order valence-electron chi connectivity index (χ3n) is 1.44. The van der Waals surface area contributed by atoms with Crippen LogP contribution in [0.4, 0.5) is 4.79 Å². The fourth-order valence-electron chi connectivity index (χ4n) is 0.716. The number of rotatable bonds is 4. The van der Waals surface area contributed by atoms with E-state index >= 15 is 0 Å². The first kappa shape index (κ1) is 14.7. The molecule has 0 aromatic rings. The average molecular weight is 191 g/mol. The van der Waals surface area contributed by atoms with Crippen molar-refractivity contribution in [2.75, 3.05) is 7.11 Å². The highest BCUT2D eigenvalue weighted by molar-refractivity contribution is 5.56. The lowest BCUT2D eigenvalue weighted by Gasteiger charge is -2.01. The molecule has 0 bridgehead atoms. The molecule has 0 radical (unpaired) electrons.